The smallest absolute Gasteiger partial charge is 0.387 e. The zero-order valence-corrected chi connectivity index (χ0v) is 13.2. The van der Waals surface area contributed by atoms with Crippen LogP contribution in [0.1, 0.15) is 5.56 Å². The molecule has 0 aromatic heterocycles. The highest BCUT2D eigenvalue weighted by molar-refractivity contribution is 5.92. The number of halogens is 2. The van der Waals surface area contributed by atoms with Gasteiger partial charge in [0.2, 0.25) is 5.91 Å². The number of hydrogen-bond acceptors (Lipinski definition) is 4. The molecule has 1 saturated heterocycles. The number of alkyl halides is 2. The van der Waals surface area contributed by atoms with Crippen molar-refractivity contribution < 1.29 is 23.0 Å². The number of benzene rings is 1. The summed E-state index contributed by atoms with van der Waals surface area (Å²) in [4.78, 5) is 16.0. The van der Waals surface area contributed by atoms with Crippen molar-refractivity contribution in [2.24, 2.45) is 0 Å². The third kappa shape index (κ3) is 4.66. The molecule has 7 heteroatoms. The van der Waals surface area contributed by atoms with E-state index in [9.17, 15) is 13.6 Å². The Labute approximate surface area is 134 Å². The first-order valence-corrected chi connectivity index (χ1v) is 7.28. The van der Waals surface area contributed by atoms with Crippen LogP contribution in [-0.2, 0) is 4.79 Å². The highest BCUT2D eigenvalue weighted by Gasteiger charge is 2.18. The van der Waals surface area contributed by atoms with E-state index in [2.05, 4.69) is 9.64 Å². The number of likely N-dealkylation sites (N-methyl/N-ethyl adjacent to an activating group) is 1. The molecule has 23 heavy (non-hydrogen) atoms. The minimum absolute atomic E-state index is 0.0765. The quantitative estimate of drug-likeness (QED) is 0.777. The van der Waals surface area contributed by atoms with Crippen LogP contribution in [0.4, 0.5) is 8.78 Å². The summed E-state index contributed by atoms with van der Waals surface area (Å²) in [6.07, 6.45) is 2.85. The molecular formula is C16H20F2N2O3. The first-order chi connectivity index (χ1) is 11.0. The van der Waals surface area contributed by atoms with Gasteiger partial charge in [-0.25, -0.2) is 0 Å². The summed E-state index contributed by atoms with van der Waals surface area (Å²) in [6.45, 7) is -0.0281. The lowest BCUT2D eigenvalue weighted by molar-refractivity contribution is -0.127. The van der Waals surface area contributed by atoms with Gasteiger partial charge >= 0.3 is 6.61 Å². The van der Waals surface area contributed by atoms with Gasteiger partial charge in [-0.3, -0.25) is 4.79 Å². The van der Waals surface area contributed by atoms with Crippen molar-refractivity contribution >= 4 is 12.0 Å². The molecule has 126 valence electrons. The van der Waals surface area contributed by atoms with Crippen LogP contribution in [0.5, 0.6) is 11.5 Å². The number of carbonyl (C=O) groups is 1. The second-order valence-electron chi connectivity index (χ2n) is 5.22. The van der Waals surface area contributed by atoms with E-state index in [4.69, 9.17) is 4.74 Å². The van der Waals surface area contributed by atoms with Crippen molar-refractivity contribution in [2.45, 2.75) is 6.61 Å². The van der Waals surface area contributed by atoms with Gasteiger partial charge < -0.3 is 19.3 Å². The molecule has 0 aliphatic carbocycles. The standard InChI is InChI=1S/C16H20F2N2O3/c1-19-8-10-20(11-9-19)14(21)7-6-12-4-3-5-13(22-2)15(12)23-16(17)18/h3-7,16H,8-11H2,1-2H3/b7-6+. The zero-order valence-electron chi connectivity index (χ0n) is 13.2. The molecule has 1 aromatic rings. The zero-order chi connectivity index (χ0) is 16.8. The molecular weight excluding hydrogens is 306 g/mol. The molecule has 1 fully saturated rings. The fourth-order valence-electron chi connectivity index (χ4n) is 2.33. The number of para-hydroxylation sites is 1. The molecule has 1 amide bonds. The fraction of sp³-hybridized carbons (Fsp3) is 0.438. The van der Waals surface area contributed by atoms with Gasteiger partial charge in [0.05, 0.1) is 7.11 Å². The molecule has 0 N–H and O–H groups in total. The number of nitrogens with zero attached hydrogens (tertiary/aromatic N) is 2. The molecule has 1 aromatic carbocycles. The molecule has 2 rings (SSSR count). The van der Waals surface area contributed by atoms with Gasteiger partial charge in [0.25, 0.3) is 0 Å². The summed E-state index contributed by atoms with van der Waals surface area (Å²) in [7, 11) is 3.37. The molecule has 1 aliphatic rings. The van der Waals surface area contributed by atoms with E-state index in [1.54, 1.807) is 17.0 Å². The number of carbonyl (C=O) groups excluding carboxylic acids is 1. The van der Waals surface area contributed by atoms with Gasteiger partial charge in [0.15, 0.2) is 11.5 Å². The van der Waals surface area contributed by atoms with E-state index < -0.39 is 6.61 Å². The monoisotopic (exact) mass is 326 g/mol. The van der Waals surface area contributed by atoms with E-state index in [0.29, 0.717) is 18.7 Å². The largest absolute Gasteiger partial charge is 0.493 e. The molecule has 1 aliphatic heterocycles. The summed E-state index contributed by atoms with van der Waals surface area (Å²) >= 11 is 0. The topological polar surface area (TPSA) is 42.0 Å². The Morgan fingerprint density at radius 3 is 2.57 bits per heavy atom. The first-order valence-electron chi connectivity index (χ1n) is 7.28. The highest BCUT2D eigenvalue weighted by atomic mass is 19.3. The maximum atomic E-state index is 12.6. The summed E-state index contributed by atoms with van der Waals surface area (Å²) in [5, 5.41) is 0. The number of ether oxygens (including phenoxy) is 2. The normalized spacial score (nSPS) is 16.1. The summed E-state index contributed by atoms with van der Waals surface area (Å²) in [6, 6.07) is 4.77. The number of amides is 1. The van der Waals surface area contributed by atoms with Crippen LogP contribution < -0.4 is 9.47 Å². The molecule has 0 unspecified atom stereocenters. The first kappa shape index (κ1) is 17.2. The van der Waals surface area contributed by atoms with Crippen LogP contribution in [0.25, 0.3) is 6.08 Å². The van der Waals surface area contributed by atoms with Crippen LogP contribution in [0.2, 0.25) is 0 Å². The molecule has 1 heterocycles. The van der Waals surface area contributed by atoms with Crippen LogP contribution in [0.3, 0.4) is 0 Å². The Bertz CT molecular complexity index is 570. The van der Waals surface area contributed by atoms with Crippen molar-refractivity contribution in [3.63, 3.8) is 0 Å². The van der Waals surface area contributed by atoms with Gasteiger partial charge in [0, 0.05) is 37.8 Å². The molecule has 0 saturated carbocycles. The Morgan fingerprint density at radius 1 is 1.26 bits per heavy atom. The Balaban J connectivity index is 2.13. The number of hydrogen-bond donors (Lipinski definition) is 0. The maximum Gasteiger partial charge on any atom is 0.387 e. The van der Waals surface area contributed by atoms with Crippen molar-refractivity contribution in [3.05, 3.63) is 29.8 Å². The maximum absolute atomic E-state index is 12.6. The third-order valence-electron chi connectivity index (χ3n) is 3.66. The Morgan fingerprint density at radius 2 is 1.96 bits per heavy atom. The van der Waals surface area contributed by atoms with Gasteiger partial charge in [-0.1, -0.05) is 12.1 Å². The van der Waals surface area contributed by atoms with E-state index in [-0.39, 0.29) is 17.4 Å². The van der Waals surface area contributed by atoms with Crippen LogP contribution >= 0.6 is 0 Å². The highest BCUT2D eigenvalue weighted by Crippen LogP contribution is 2.33. The number of piperazine rings is 1. The average Bonchev–Trinajstić information content (AvgIpc) is 2.53. The fourth-order valence-corrected chi connectivity index (χ4v) is 2.33. The van der Waals surface area contributed by atoms with Crippen LogP contribution in [0.15, 0.2) is 24.3 Å². The number of rotatable bonds is 5. The number of methoxy groups -OCH3 is 1. The second-order valence-corrected chi connectivity index (χ2v) is 5.22. The van der Waals surface area contributed by atoms with Crippen LogP contribution in [0, 0.1) is 0 Å². The molecule has 0 bridgehead atoms. The van der Waals surface area contributed by atoms with Crippen molar-refractivity contribution in [1.29, 1.82) is 0 Å². The van der Waals surface area contributed by atoms with Gasteiger partial charge in [-0.05, 0) is 19.2 Å². The van der Waals surface area contributed by atoms with E-state index in [1.807, 2.05) is 7.05 Å². The SMILES string of the molecule is COc1cccc(/C=C/C(=O)N2CCN(C)CC2)c1OC(F)F. The molecule has 0 spiro atoms. The van der Waals surface area contributed by atoms with Gasteiger partial charge in [0.1, 0.15) is 0 Å². The lowest BCUT2D eigenvalue weighted by Gasteiger charge is -2.31. The second kappa shape index (κ2) is 7.92. The minimum Gasteiger partial charge on any atom is -0.493 e. The summed E-state index contributed by atoms with van der Waals surface area (Å²) in [5.74, 6) is -0.0316. The summed E-state index contributed by atoms with van der Waals surface area (Å²) in [5.41, 5.74) is 0.368. The third-order valence-corrected chi connectivity index (χ3v) is 3.66. The minimum atomic E-state index is -2.97. The average molecular weight is 326 g/mol. The van der Waals surface area contributed by atoms with Gasteiger partial charge in [-0.15, -0.1) is 0 Å². The molecule has 5 nitrogen and oxygen atoms in total. The predicted octanol–water partition coefficient (Wildman–Crippen LogP) is 2.08. The predicted molar refractivity (Wildman–Crippen MR) is 82.7 cm³/mol. The lowest BCUT2D eigenvalue weighted by Crippen LogP contribution is -2.46. The van der Waals surface area contributed by atoms with Gasteiger partial charge in [-0.2, -0.15) is 8.78 Å². The van der Waals surface area contributed by atoms with Crippen molar-refractivity contribution in [1.82, 2.24) is 9.80 Å². The summed E-state index contributed by atoms with van der Waals surface area (Å²) < 4.78 is 34.7. The van der Waals surface area contributed by atoms with Crippen LogP contribution in [-0.4, -0.2) is 62.7 Å². The van der Waals surface area contributed by atoms with E-state index in [1.165, 1.54) is 25.3 Å². The Hall–Kier alpha value is -2.15. The van der Waals surface area contributed by atoms with E-state index in [0.717, 1.165) is 13.1 Å². The molecule has 0 atom stereocenters. The van der Waals surface area contributed by atoms with E-state index >= 15 is 0 Å². The Kier molecular flexibility index (Phi) is 5.92. The molecule has 0 radical (unpaired) electrons. The van der Waals surface area contributed by atoms with Crippen molar-refractivity contribution in [3.8, 4) is 11.5 Å². The lowest BCUT2D eigenvalue weighted by atomic mass is 10.1. The van der Waals surface area contributed by atoms with Crippen molar-refractivity contribution in [2.75, 3.05) is 40.3 Å².